The van der Waals surface area contributed by atoms with Crippen molar-refractivity contribution in [1.82, 2.24) is 10.2 Å². The molecule has 1 aromatic heterocycles. The third-order valence-electron chi connectivity index (χ3n) is 7.11. The molecule has 2 N–H and O–H groups in total. The molecule has 2 aliphatic rings. The Balaban J connectivity index is 1.51. The van der Waals surface area contributed by atoms with Crippen LogP contribution in [0.25, 0.3) is 0 Å². The number of benzene rings is 2. The number of hydrogen-bond donors (Lipinski definition) is 1. The van der Waals surface area contributed by atoms with E-state index < -0.39 is 17.7 Å². The SMILES string of the molecule is CCOc1ccc([C@H]2C(C#N)=C(N)N(c3nnc(SCc4cccc(C(F)(F)F)c4)s3)C3=C2C(=O)CC(C)(C)C3)cc1. The Labute approximate surface area is 249 Å². The number of allylic oxidation sites excluding steroid dienone is 3. The third-order valence-corrected chi connectivity index (χ3v) is 9.22. The van der Waals surface area contributed by atoms with Gasteiger partial charge in [-0.05, 0) is 48.1 Å². The van der Waals surface area contributed by atoms with Gasteiger partial charge in [0.2, 0.25) is 5.13 Å². The minimum Gasteiger partial charge on any atom is -0.494 e. The van der Waals surface area contributed by atoms with Gasteiger partial charge in [-0.3, -0.25) is 9.69 Å². The van der Waals surface area contributed by atoms with E-state index in [4.69, 9.17) is 10.5 Å². The summed E-state index contributed by atoms with van der Waals surface area (Å²) in [5.74, 6) is 0.416. The van der Waals surface area contributed by atoms with E-state index in [-0.39, 0.29) is 28.3 Å². The summed E-state index contributed by atoms with van der Waals surface area (Å²) in [6, 6.07) is 14.7. The maximum atomic E-state index is 13.7. The van der Waals surface area contributed by atoms with E-state index in [1.165, 1.54) is 29.2 Å². The fourth-order valence-electron chi connectivity index (χ4n) is 5.32. The van der Waals surface area contributed by atoms with Crippen LogP contribution in [0.15, 0.2) is 75.5 Å². The summed E-state index contributed by atoms with van der Waals surface area (Å²) >= 11 is 2.46. The lowest BCUT2D eigenvalue weighted by atomic mass is 9.68. The molecule has 1 aliphatic heterocycles. The van der Waals surface area contributed by atoms with Gasteiger partial charge in [-0.15, -0.1) is 10.2 Å². The van der Waals surface area contributed by atoms with E-state index in [0.717, 1.165) is 17.7 Å². The molecular formula is C30H28F3N5O2S2. The normalized spacial score (nSPS) is 18.6. The zero-order chi connectivity index (χ0) is 30.2. The molecule has 2 heterocycles. The molecule has 2 aromatic carbocycles. The van der Waals surface area contributed by atoms with Crippen molar-refractivity contribution < 1.29 is 22.7 Å². The molecule has 0 saturated heterocycles. The van der Waals surface area contributed by atoms with E-state index in [2.05, 4.69) is 16.3 Å². The molecule has 3 aromatic rings. The van der Waals surface area contributed by atoms with Gasteiger partial charge in [-0.1, -0.05) is 67.3 Å². The van der Waals surface area contributed by atoms with Crippen molar-refractivity contribution in [2.45, 2.75) is 55.8 Å². The molecule has 5 rings (SSSR count). The number of rotatable bonds is 7. The average molecular weight is 612 g/mol. The molecule has 0 saturated carbocycles. The Morgan fingerprint density at radius 1 is 1.19 bits per heavy atom. The first-order chi connectivity index (χ1) is 19.9. The van der Waals surface area contributed by atoms with Crippen molar-refractivity contribution in [2.75, 3.05) is 11.5 Å². The highest BCUT2D eigenvalue weighted by Crippen LogP contribution is 2.51. The van der Waals surface area contributed by atoms with E-state index in [0.29, 0.717) is 51.5 Å². The number of Topliss-reactive ketones (excluding diaryl/α,β-unsaturated/α-hetero) is 1. The van der Waals surface area contributed by atoms with Crippen LogP contribution in [0.4, 0.5) is 18.3 Å². The Kier molecular flexibility index (Phi) is 8.09. The lowest BCUT2D eigenvalue weighted by molar-refractivity contribution is -0.137. The quantitative estimate of drug-likeness (QED) is 0.280. The minimum absolute atomic E-state index is 0.0611. The van der Waals surface area contributed by atoms with Crippen molar-refractivity contribution in [3.63, 3.8) is 0 Å². The smallest absolute Gasteiger partial charge is 0.416 e. The van der Waals surface area contributed by atoms with Gasteiger partial charge in [0, 0.05) is 23.4 Å². The number of ether oxygens (including phenoxy) is 1. The lowest BCUT2D eigenvalue weighted by Gasteiger charge is -2.42. The number of carbonyl (C=O) groups excluding carboxylic acids is 1. The number of alkyl halides is 3. The number of hydrogen-bond acceptors (Lipinski definition) is 9. The summed E-state index contributed by atoms with van der Waals surface area (Å²) in [7, 11) is 0. The maximum absolute atomic E-state index is 13.7. The van der Waals surface area contributed by atoms with Gasteiger partial charge in [0.05, 0.1) is 29.7 Å². The summed E-state index contributed by atoms with van der Waals surface area (Å²) in [5.41, 5.74) is 8.30. The van der Waals surface area contributed by atoms with Crippen LogP contribution in [0.5, 0.6) is 5.75 Å². The van der Waals surface area contributed by atoms with Gasteiger partial charge >= 0.3 is 6.18 Å². The molecule has 0 unspecified atom stereocenters. The topological polar surface area (TPSA) is 105 Å². The van der Waals surface area contributed by atoms with Crippen molar-refractivity contribution >= 4 is 34.0 Å². The Morgan fingerprint density at radius 2 is 1.93 bits per heavy atom. The van der Waals surface area contributed by atoms with Gasteiger partial charge in [0.1, 0.15) is 11.6 Å². The molecule has 0 spiro atoms. The number of aromatic nitrogens is 2. The molecule has 42 heavy (non-hydrogen) atoms. The molecular weight excluding hydrogens is 583 g/mol. The van der Waals surface area contributed by atoms with E-state index in [1.807, 2.05) is 45.0 Å². The summed E-state index contributed by atoms with van der Waals surface area (Å²) in [6.07, 6.45) is -3.58. The first kappa shape index (κ1) is 29.7. The largest absolute Gasteiger partial charge is 0.494 e. The number of ketones is 1. The highest BCUT2D eigenvalue weighted by atomic mass is 32.2. The summed E-state index contributed by atoms with van der Waals surface area (Å²) in [6.45, 7) is 6.42. The van der Waals surface area contributed by atoms with Crippen molar-refractivity contribution in [1.29, 1.82) is 5.26 Å². The summed E-state index contributed by atoms with van der Waals surface area (Å²) < 4.78 is 45.5. The summed E-state index contributed by atoms with van der Waals surface area (Å²) in [5, 5.41) is 19.2. The van der Waals surface area contributed by atoms with Crippen molar-refractivity contribution in [3.8, 4) is 11.8 Å². The predicted molar refractivity (Wildman–Crippen MR) is 156 cm³/mol. The third kappa shape index (κ3) is 5.89. The Bertz CT molecular complexity index is 1620. The molecule has 7 nitrogen and oxygen atoms in total. The fraction of sp³-hybridized carbons (Fsp3) is 0.333. The second kappa shape index (κ2) is 11.5. The van der Waals surface area contributed by atoms with Crippen LogP contribution in [-0.2, 0) is 16.7 Å². The van der Waals surface area contributed by atoms with Crippen LogP contribution in [0, 0.1) is 16.7 Å². The molecule has 12 heteroatoms. The lowest BCUT2D eigenvalue weighted by Crippen LogP contribution is -2.42. The molecule has 0 radical (unpaired) electrons. The van der Waals surface area contributed by atoms with Crippen LogP contribution < -0.4 is 15.4 Å². The molecule has 0 bridgehead atoms. The number of nitriles is 1. The highest BCUT2D eigenvalue weighted by Gasteiger charge is 2.45. The fourth-order valence-corrected chi connectivity index (χ4v) is 7.14. The average Bonchev–Trinajstić information content (AvgIpc) is 3.39. The standard InChI is InChI=1S/C30H28F3N5O2S2/c1-4-40-20-10-8-18(9-11-20)24-21(15-34)26(35)38(22-13-29(2,3)14-23(39)25(22)24)27-36-37-28(42-27)41-16-17-6-5-7-19(12-17)30(31,32)33/h5-12,24H,4,13-14,16,35H2,1-3H3/t24-/m0/s1. The van der Waals surface area contributed by atoms with Gasteiger partial charge in [-0.2, -0.15) is 18.4 Å². The Morgan fingerprint density at radius 3 is 2.60 bits per heavy atom. The maximum Gasteiger partial charge on any atom is 0.416 e. The predicted octanol–water partition coefficient (Wildman–Crippen LogP) is 7.19. The monoisotopic (exact) mass is 611 g/mol. The molecule has 1 atom stereocenters. The molecule has 0 fully saturated rings. The van der Waals surface area contributed by atoms with Gasteiger partial charge in [0.15, 0.2) is 10.1 Å². The van der Waals surface area contributed by atoms with Crippen LogP contribution in [0.3, 0.4) is 0 Å². The molecule has 218 valence electrons. The van der Waals surface area contributed by atoms with Gasteiger partial charge in [-0.25, -0.2) is 0 Å². The van der Waals surface area contributed by atoms with Crippen LogP contribution in [0.2, 0.25) is 0 Å². The van der Waals surface area contributed by atoms with E-state index in [1.54, 1.807) is 11.0 Å². The zero-order valence-corrected chi connectivity index (χ0v) is 24.8. The zero-order valence-electron chi connectivity index (χ0n) is 23.2. The number of anilines is 1. The van der Waals surface area contributed by atoms with Crippen LogP contribution in [0.1, 0.15) is 56.2 Å². The number of nitrogens with zero attached hydrogens (tertiary/aromatic N) is 4. The summed E-state index contributed by atoms with van der Waals surface area (Å²) in [4.78, 5) is 15.4. The van der Waals surface area contributed by atoms with Gasteiger partial charge in [0.25, 0.3) is 0 Å². The van der Waals surface area contributed by atoms with Gasteiger partial charge < -0.3 is 10.5 Å². The minimum atomic E-state index is -4.42. The number of thioether (sulfide) groups is 1. The van der Waals surface area contributed by atoms with Crippen molar-refractivity contribution in [2.24, 2.45) is 11.1 Å². The number of carbonyl (C=O) groups is 1. The first-order valence-electron chi connectivity index (χ1n) is 13.2. The molecule has 1 aliphatic carbocycles. The second-order valence-electron chi connectivity index (χ2n) is 10.8. The van der Waals surface area contributed by atoms with E-state index >= 15 is 0 Å². The highest BCUT2D eigenvalue weighted by molar-refractivity contribution is 8.00. The van der Waals surface area contributed by atoms with E-state index in [9.17, 15) is 23.2 Å². The van der Waals surface area contributed by atoms with Crippen LogP contribution in [-0.4, -0.2) is 22.6 Å². The second-order valence-corrected chi connectivity index (χ2v) is 13.0. The van der Waals surface area contributed by atoms with Crippen molar-refractivity contribution in [3.05, 3.63) is 87.9 Å². The first-order valence-corrected chi connectivity index (χ1v) is 15.0. The Hall–Kier alpha value is -3.82. The number of halogens is 3. The number of nitrogens with two attached hydrogens (primary N) is 1. The molecule has 0 amide bonds. The van der Waals surface area contributed by atoms with Crippen LogP contribution >= 0.6 is 23.1 Å².